The Morgan fingerprint density at radius 3 is 1.22 bits per heavy atom. The van der Waals surface area contributed by atoms with Crippen LogP contribution in [0.2, 0.25) is 0 Å². The first-order valence-corrected chi connectivity index (χ1v) is 16.3. The van der Waals surface area contributed by atoms with Crippen LogP contribution in [0.25, 0.3) is 5.32 Å². The van der Waals surface area contributed by atoms with E-state index < -0.39 is 15.8 Å². The summed E-state index contributed by atoms with van der Waals surface area (Å²) in [7, 11) is -1.59. The largest absolute Gasteiger partial charge is 1.00 e. The van der Waals surface area contributed by atoms with Crippen molar-refractivity contribution in [3.8, 4) is 0 Å². The Kier molecular flexibility index (Phi) is 10.3. The zero-order valence-corrected chi connectivity index (χ0v) is 25.0. The predicted molar refractivity (Wildman–Crippen MR) is 176 cm³/mol. The molecule has 0 spiro atoms. The van der Waals surface area contributed by atoms with Gasteiger partial charge in [-0.1, -0.05) is 195 Å². The van der Waals surface area contributed by atoms with Gasteiger partial charge in [-0.2, -0.15) is 0 Å². The standard InChI is InChI=1S/C37H30NP2.Li/c1-6-18-30(19-7-1)37(40(33-24-12-4-13-25-33)34-26-14-5-15-27-34)38-35-28-16-17-29-36(35)39(31-20-8-2-9-21-31)32-22-10-3-11-23-32;/h1-29,37H;/q-1;+1. The van der Waals surface area contributed by atoms with Gasteiger partial charge in [-0.15, -0.1) is 5.69 Å². The molecule has 4 heteroatoms. The molecule has 194 valence electrons. The maximum absolute atomic E-state index is 5.70. The Balaban J connectivity index is 0.00000337. The SMILES string of the molecule is [Li+].c1ccc(C([N-]c2ccccc2P(c2ccccc2)c2ccccc2)P(c2ccccc2)c2ccccc2)cc1. The minimum Gasteiger partial charge on any atom is -0.673 e. The van der Waals surface area contributed by atoms with Gasteiger partial charge in [-0.05, 0) is 34.4 Å². The molecule has 0 bridgehead atoms. The van der Waals surface area contributed by atoms with Crippen LogP contribution in [0.5, 0.6) is 0 Å². The van der Waals surface area contributed by atoms with Gasteiger partial charge in [0.15, 0.2) is 0 Å². The smallest absolute Gasteiger partial charge is 0.673 e. The van der Waals surface area contributed by atoms with Crippen molar-refractivity contribution in [2.24, 2.45) is 0 Å². The number of rotatable bonds is 9. The first-order chi connectivity index (χ1) is 19.9. The molecule has 1 atom stereocenters. The van der Waals surface area contributed by atoms with E-state index in [9.17, 15) is 0 Å². The molecular formula is C37H30LiNP2. The van der Waals surface area contributed by atoms with Crippen molar-refractivity contribution < 1.29 is 18.9 Å². The van der Waals surface area contributed by atoms with Crippen molar-refractivity contribution in [1.82, 2.24) is 0 Å². The van der Waals surface area contributed by atoms with Crippen LogP contribution in [0.1, 0.15) is 11.3 Å². The van der Waals surface area contributed by atoms with Gasteiger partial charge in [-0.3, -0.25) is 0 Å². The fourth-order valence-corrected chi connectivity index (χ4v) is 9.94. The Morgan fingerprint density at radius 2 is 0.756 bits per heavy atom. The maximum atomic E-state index is 5.70. The van der Waals surface area contributed by atoms with Crippen LogP contribution in [-0.4, -0.2) is 0 Å². The van der Waals surface area contributed by atoms with Crippen molar-refractivity contribution in [3.05, 3.63) is 187 Å². The van der Waals surface area contributed by atoms with Gasteiger partial charge >= 0.3 is 18.9 Å². The minimum atomic E-state index is -0.814. The van der Waals surface area contributed by atoms with E-state index in [1.54, 1.807) is 0 Å². The molecule has 0 fully saturated rings. The molecule has 0 aliphatic heterocycles. The molecule has 0 N–H and O–H groups in total. The van der Waals surface area contributed by atoms with Crippen molar-refractivity contribution in [2.75, 3.05) is 0 Å². The van der Waals surface area contributed by atoms with E-state index in [1.807, 2.05) is 0 Å². The van der Waals surface area contributed by atoms with E-state index in [1.165, 1.54) is 32.1 Å². The molecule has 0 saturated heterocycles. The van der Waals surface area contributed by atoms with Gasteiger partial charge in [0.05, 0.1) is 0 Å². The topological polar surface area (TPSA) is 14.1 Å². The van der Waals surface area contributed by atoms with Crippen LogP contribution < -0.4 is 45.4 Å². The minimum absolute atomic E-state index is 0. The van der Waals surface area contributed by atoms with Crippen LogP contribution >= 0.6 is 15.8 Å². The van der Waals surface area contributed by atoms with Gasteiger partial charge in [0.25, 0.3) is 0 Å². The normalized spacial score (nSPS) is 11.6. The molecule has 6 aromatic rings. The number of para-hydroxylation sites is 1. The average molecular weight is 558 g/mol. The van der Waals surface area contributed by atoms with Crippen molar-refractivity contribution in [1.29, 1.82) is 0 Å². The van der Waals surface area contributed by atoms with E-state index in [-0.39, 0.29) is 24.6 Å². The fraction of sp³-hybridized carbons (Fsp3) is 0.0270. The zero-order chi connectivity index (χ0) is 27.0. The van der Waals surface area contributed by atoms with Crippen molar-refractivity contribution in [3.63, 3.8) is 0 Å². The Hall–Kier alpha value is -3.42. The molecular weight excluding hydrogens is 527 g/mol. The summed E-state index contributed by atoms with van der Waals surface area (Å²) in [6.45, 7) is 0. The number of nitrogens with zero attached hydrogens (tertiary/aromatic N) is 1. The molecule has 0 saturated carbocycles. The summed E-state index contributed by atoms with van der Waals surface area (Å²) >= 11 is 0. The first kappa shape index (κ1) is 29.1. The Bertz CT molecular complexity index is 1540. The van der Waals surface area contributed by atoms with Crippen LogP contribution in [0.3, 0.4) is 0 Å². The molecule has 0 aliphatic carbocycles. The first-order valence-electron chi connectivity index (χ1n) is 13.5. The summed E-state index contributed by atoms with van der Waals surface area (Å²) in [6, 6.07) is 63.2. The third-order valence-corrected chi connectivity index (χ3v) is 11.9. The van der Waals surface area contributed by atoms with Crippen LogP contribution in [-0.2, 0) is 0 Å². The summed E-state index contributed by atoms with van der Waals surface area (Å²) in [4.78, 5) is 0. The summed E-state index contributed by atoms with van der Waals surface area (Å²) in [5, 5.41) is 12.3. The molecule has 0 radical (unpaired) electrons. The van der Waals surface area contributed by atoms with E-state index >= 15 is 0 Å². The molecule has 0 aliphatic rings. The predicted octanol–water partition coefficient (Wildman–Crippen LogP) is 5.29. The Labute approximate surface area is 258 Å². The van der Waals surface area contributed by atoms with Crippen LogP contribution in [0.15, 0.2) is 176 Å². The summed E-state index contributed by atoms with van der Waals surface area (Å²) < 4.78 is 0. The molecule has 41 heavy (non-hydrogen) atoms. The fourth-order valence-electron chi connectivity index (χ4n) is 4.99. The third-order valence-electron chi connectivity index (χ3n) is 6.82. The summed E-state index contributed by atoms with van der Waals surface area (Å²) in [5.41, 5.74) is 2.30. The molecule has 0 heterocycles. The second-order valence-corrected chi connectivity index (χ2v) is 13.9. The average Bonchev–Trinajstić information content (AvgIpc) is 3.04. The maximum Gasteiger partial charge on any atom is 1.00 e. The molecule has 0 aromatic heterocycles. The van der Waals surface area contributed by atoms with Gasteiger partial charge < -0.3 is 5.32 Å². The number of benzene rings is 6. The van der Waals surface area contributed by atoms with Gasteiger partial charge in [-0.25, -0.2) is 0 Å². The Morgan fingerprint density at radius 1 is 0.390 bits per heavy atom. The van der Waals surface area contributed by atoms with Gasteiger partial charge in [0.1, 0.15) is 0 Å². The van der Waals surface area contributed by atoms with Crippen molar-refractivity contribution in [2.45, 2.75) is 5.78 Å². The zero-order valence-electron chi connectivity index (χ0n) is 23.2. The molecule has 6 aromatic carbocycles. The summed E-state index contributed by atoms with van der Waals surface area (Å²) in [5.74, 6) is -0.0365. The van der Waals surface area contributed by atoms with Crippen LogP contribution in [0.4, 0.5) is 5.69 Å². The second-order valence-electron chi connectivity index (χ2n) is 9.45. The van der Waals surface area contributed by atoms with E-state index in [0.29, 0.717) is 0 Å². The van der Waals surface area contributed by atoms with Crippen LogP contribution in [0, 0.1) is 0 Å². The van der Waals surface area contributed by atoms with E-state index in [4.69, 9.17) is 5.32 Å². The van der Waals surface area contributed by atoms with Gasteiger partial charge in [0.2, 0.25) is 0 Å². The van der Waals surface area contributed by atoms with Gasteiger partial charge in [0, 0.05) is 0 Å². The van der Waals surface area contributed by atoms with E-state index in [0.717, 1.165) is 5.69 Å². The monoisotopic (exact) mass is 557 g/mol. The number of hydrogen-bond acceptors (Lipinski definition) is 0. The second kappa shape index (κ2) is 14.5. The third kappa shape index (κ3) is 6.91. The molecule has 0 amide bonds. The van der Waals surface area contributed by atoms with E-state index in [2.05, 4.69) is 176 Å². The number of hydrogen-bond donors (Lipinski definition) is 0. The molecule has 1 nitrogen and oxygen atoms in total. The quantitative estimate of drug-likeness (QED) is 0.170. The van der Waals surface area contributed by atoms with Crippen molar-refractivity contribution >= 4 is 48.1 Å². The molecule has 6 rings (SSSR count). The molecule has 1 unspecified atom stereocenters. The summed E-state index contributed by atoms with van der Waals surface area (Å²) in [6.07, 6.45) is 0.